The average Bonchev–Trinajstić information content (AvgIpc) is 2.90. The number of benzene rings is 4. The number of rotatable bonds is 6. The molecule has 164 valence electrons. The van der Waals surface area contributed by atoms with Crippen LogP contribution in [0.2, 0.25) is 0 Å². The molecule has 4 rings (SSSR count). The Kier molecular flexibility index (Phi) is 6.56. The predicted molar refractivity (Wildman–Crippen MR) is 125 cm³/mol. The largest absolute Gasteiger partial charge is 0.457 e. The van der Waals surface area contributed by atoms with Gasteiger partial charge in [0.15, 0.2) is 0 Å². The van der Waals surface area contributed by atoms with Gasteiger partial charge in [0.2, 0.25) is 0 Å². The van der Waals surface area contributed by atoms with E-state index in [1.54, 1.807) is 72.8 Å². The van der Waals surface area contributed by atoms with Crippen molar-refractivity contribution in [3.8, 4) is 58.8 Å². The third kappa shape index (κ3) is 5.36. The second kappa shape index (κ2) is 10.2. The number of nitrogens with zero attached hydrogens (tertiary/aromatic N) is 4. The van der Waals surface area contributed by atoms with E-state index in [-0.39, 0.29) is 11.1 Å². The van der Waals surface area contributed by atoms with Crippen LogP contribution < -0.4 is 14.2 Å². The van der Waals surface area contributed by atoms with Gasteiger partial charge in [-0.05, 0) is 84.9 Å². The lowest BCUT2D eigenvalue weighted by molar-refractivity contribution is 0.464. The molecule has 0 atom stereocenters. The van der Waals surface area contributed by atoms with E-state index in [2.05, 4.69) is 0 Å². The van der Waals surface area contributed by atoms with E-state index >= 15 is 0 Å². The molecule has 7 heteroatoms. The van der Waals surface area contributed by atoms with E-state index in [9.17, 15) is 0 Å². The maximum Gasteiger partial charge on any atom is 0.128 e. The second-order valence-electron chi connectivity index (χ2n) is 7.11. The molecule has 0 saturated carbocycles. The van der Waals surface area contributed by atoms with Crippen LogP contribution in [0.25, 0.3) is 0 Å². The maximum absolute atomic E-state index is 9.14. The molecule has 0 amide bonds. The van der Waals surface area contributed by atoms with Crippen molar-refractivity contribution in [1.29, 1.82) is 21.0 Å². The lowest BCUT2D eigenvalue weighted by Crippen LogP contribution is -1.90. The molecule has 7 nitrogen and oxygen atoms in total. The normalized spacial score (nSPS) is 9.60. The first-order valence-corrected chi connectivity index (χ1v) is 10.2. The molecule has 0 aromatic heterocycles. The molecule has 0 bridgehead atoms. The SMILES string of the molecule is N#Cc1ccc(Oc2ccc(Oc3ccc(Oc4ccc(C#N)c(C#N)c4)cc3)cc2)cc1C#N. The lowest BCUT2D eigenvalue weighted by atomic mass is 10.1. The van der Waals surface area contributed by atoms with Crippen LogP contribution in [0.4, 0.5) is 0 Å². The minimum Gasteiger partial charge on any atom is -0.457 e. The first-order valence-electron chi connectivity index (χ1n) is 10.2. The first-order chi connectivity index (χ1) is 17.1. The van der Waals surface area contributed by atoms with E-state index in [1.807, 2.05) is 24.3 Å². The zero-order valence-corrected chi connectivity index (χ0v) is 18.1. The monoisotopic (exact) mass is 454 g/mol. The summed E-state index contributed by atoms with van der Waals surface area (Å²) in [6, 6.07) is 31.2. The van der Waals surface area contributed by atoms with Crippen LogP contribution in [0.3, 0.4) is 0 Å². The molecule has 0 N–H and O–H groups in total. The molecule has 0 aliphatic rings. The molecule has 0 spiro atoms. The number of nitriles is 4. The molecular formula is C28H14N4O3. The molecule has 4 aromatic rings. The summed E-state index contributed by atoms with van der Waals surface area (Å²) in [7, 11) is 0. The van der Waals surface area contributed by atoms with Gasteiger partial charge in [0.05, 0.1) is 22.3 Å². The Labute approximate surface area is 201 Å². The van der Waals surface area contributed by atoms with Gasteiger partial charge in [-0.1, -0.05) is 0 Å². The summed E-state index contributed by atoms with van der Waals surface area (Å²) in [5.41, 5.74) is 1.09. The highest BCUT2D eigenvalue weighted by Crippen LogP contribution is 2.30. The zero-order valence-electron chi connectivity index (χ0n) is 18.1. The third-order valence-electron chi connectivity index (χ3n) is 4.82. The minimum atomic E-state index is 0.252. The summed E-state index contributed by atoms with van der Waals surface area (Å²) in [5, 5.41) is 36.3. The summed E-state index contributed by atoms with van der Waals surface area (Å²) in [6.45, 7) is 0. The Balaban J connectivity index is 1.39. The van der Waals surface area contributed by atoms with Gasteiger partial charge >= 0.3 is 0 Å². The van der Waals surface area contributed by atoms with Gasteiger partial charge in [-0.25, -0.2) is 0 Å². The Hall–Kier alpha value is -5.76. The fraction of sp³-hybridized carbons (Fsp3) is 0. The van der Waals surface area contributed by atoms with Crippen LogP contribution in [-0.2, 0) is 0 Å². The van der Waals surface area contributed by atoms with Gasteiger partial charge in [-0.2, -0.15) is 21.0 Å². The van der Waals surface area contributed by atoms with Crippen molar-refractivity contribution < 1.29 is 14.2 Å². The van der Waals surface area contributed by atoms with Crippen molar-refractivity contribution in [1.82, 2.24) is 0 Å². The van der Waals surface area contributed by atoms with E-state index in [0.29, 0.717) is 45.6 Å². The predicted octanol–water partition coefficient (Wildman–Crippen LogP) is 6.55. The van der Waals surface area contributed by atoms with E-state index in [0.717, 1.165) is 0 Å². The highest BCUT2D eigenvalue weighted by atomic mass is 16.5. The average molecular weight is 454 g/mol. The van der Waals surface area contributed by atoms with Crippen LogP contribution in [0.5, 0.6) is 34.5 Å². The highest BCUT2D eigenvalue weighted by molar-refractivity contribution is 5.51. The van der Waals surface area contributed by atoms with Gasteiger partial charge < -0.3 is 14.2 Å². The molecule has 0 heterocycles. The number of ether oxygens (including phenoxy) is 3. The van der Waals surface area contributed by atoms with E-state index in [1.165, 1.54) is 12.1 Å². The summed E-state index contributed by atoms with van der Waals surface area (Å²) < 4.78 is 17.4. The van der Waals surface area contributed by atoms with Gasteiger partial charge in [-0.3, -0.25) is 0 Å². The quantitative estimate of drug-likeness (QED) is 0.323. The third-order valence-corrected chi connectivity index (χ3v) is 4.82. The first kappa shape index (κ1) is 22.4. The van der Waals surface area contributed by atoms with Crippen molar-refractivity contribution in [3.05, 3.63) is 107 Å². The van der Waals surface area contributed by atoms with Crippen molar-refractivity contribution >= 4 is 0 Å². The zero-order chi connectivity index (χ0) is 24.6. The van der Waals surface area contributed by atoms with Crippen LogP contribution >= 0.6 is 0 Å². The summed E-state index contributed by atoms with van der Waals surface area (Å²) >= 11 is 0. The van der Waals surface area contributed by atoms with Gasteiger partial charge in [0.25, 0.3) is 0 Å². The summed E-state index contributed by atoms with van der Waals surface area (Å²) in [6.07, 6.45) is 0. The Morgan fingerprint density at radius 1 is 0.343 bits per heavy atom. The minimum absolute atomic E-state index is 0.252. The van der Waals surface area contributed by atoms with Crippen molar-refractivity contribution in [2.45, 2.75) is 0 Å². The van der Waals surface area contributed by atoms with Crippen molar-refractivity contribution in [3.63, 3.8) is 0 Å². The summed E-state index contributed by atoms with van der Waals surface area (Å²) in [4.78, 5) is 0. The Morgan fingerprint density at radius 3 is 0.886 bits per heavy atom. The van der Waals surface area contributed by atoms with Crippen molar-refractivity contribution in [2.24, 2.45) is 0 Å². The van der Waals surface area contributed by atoms with Crippen molar-refractivity contribution in [2.75, 3.05) is 0 Å². The standard InChI is InChI=1S/C28H14N4O3/c29-15-19-1-3-27(13-21(19)17-31)34-25-9-5-23(6-10-25)33-24-7-11-26(12-8-24)35-28-4-2-20(16-30)22(14-28)18-32/h1-14H. The van der Waals surface area contributed by atoms with E-state index < -0.39 is 0 Å². The maximum atomic E-state index is 9.14. The van der Waals surface area contributed by atoms with Gasteiger partial charge in [-0.15, -0.1) is 0 Å². The van der Waals surface area contributed by atoms with Crippen LogP contribution in [0.15, 0.2) is 84.9 Å². The molecule has 0 fully saturated rings. The molecule has 0 radical (unpaired) electrons. The molecule has 0 unspecified atom stereocenters. The fourth-order valence-electron chi connectivity index (χ4n) is 3.11. The van der Waals surface area contributed by atoms with Crippen LogP contribution in [0, 0.1) is 45.3 Å². The fourth-order valence-corrected chi connectivity index (χ4v) is 3.11. The molecule has 0 aliphatic carbocycles. The molecule has 35 heavy (non-hydrogen) atoms. The number of hydrogen-bond acceptors (Lipinski definition) is 7. The molecule has 0 saturated heterocycles. The topological polar surface area (TPSA) is 123 Å². The van der Waals surface area contributed by atoms with Crippen LogP contribution in [0.1, 0.15) is 22.3 Å². The second-order valence-corrected chi connectivity index (χ2v) is 7.11. The lowest BCUT2D eigenvalue weighted by Gasteiger charge is -2.10. The molecular weight excluding hydrogens is 440 g/mol. The van der Waals surface area contributed by atoms with Gasteiger partial charge in [0.1, 0.15) is 58.8 Å². The van der Waals surface area contributed by atoms with Crippen LogP contribution in [-0.4, -0.2) is 0 Å². The highest BCUT2D eigenvalue weighted by Gasteiger charge is 2.07. The van der Waals surface area contributed by atoms with Gasteiger partial charge in [0, 0.05) is 0 Å². The molecule has 0 aliphatic heterocycles. The summed E-state index contributed by atoms with van der Waals surface area (Å²) in [5.74, 6) is 3.19. The Morgan fingerprint density at radius 2 is 0.600 bits per heavy atom. The smallest absolute Gasteiger partial charge is 0.128 e. The Bertz CT molecular complexity index is 1430. The van der Waals surface area contributed by atoms with E-state index in [4.69, 9.17) is 35.3 Å². The molecule has 4 aromatic carbocycles. The number of hydrogen-bond donors (Lipinski definition) is 0.